The molecule has 6 nitrogen and oxygen atoms in total. The van der Waals surface area contributed by atoms with E-state index in [0.717, 1.165) is 18.9 Å². The Bertz CT molecular complexity index is 399. The SMILES string of the molecule is CC(C)(N)CN1CCn2c(n[nH]c2=O)C1. The lowest BCUT2D eigenvalue weighted by molar-refractivity contribution is 0.180. The summed E-state index contributed by atoms with van der Waals surface area (Å²) in [5, 5.41) is 6.44. The molecule has 0 saturated carbocycles. The van der Waals surface area contributed by atoms with Crippen molar-refractivity contribution in [3.63, 3.8) is 0 Å². The molecule has 6 heteroatoms. The van der Waals surface area contributed by atoms with Crippen molar-refractivity contribution < 1.29 is 0 Å². The Hall–Kier alpha value is -1.14. The van der Waals surface area contributed by atoms with Gasteiger partial charge in [0.1, 0.15) is 5.82 Å². The second-order valence-corrected chi connectivity index (χ2v) is 4.80. The smallest absolute Gasteiger partial charge is 0.324 e. The van der Waals surface area contributed by atoms with Crippen LogP contribution in [0.15, 0.2) is 4.79 Å². The Morgan fingerprint density at radius 3 is 2.93 bits per heavy atom. The Labute approximate surface area is 88.1 Å². The van der Waals surface area contributed by atoms with Crippen molar-refractivity contribution in [1.29, 1.82) is 0 Å². The molecule has 1 aliphatic heterocycles. The molecule has 0 radical (unpaired) electrons. The van der Waals surface area contributed by atoms with Gasteiger partial charge in [-0.1, -0.05) is 0 Å². The van der Waals surface area contributed by atoms with Crippen LogP contribution < -0.4 is 11.4 Å². The van der Waals surface area contributed by atoms with Crippen LogP contribution in [-0.2, 0) is 13.1 Å². The lowest BCUT2D eigenvalue weighted by Gasteiger charge is -2.32. The number of hydrogen-bond acceptors (Lipinski definition) is 4. The molecule has 2 rings (SSSR count). The van der Waals surface area contributed by atoms with Gasteiger partial charge in [0.05, 0.1) is 6.54 Å². The molecule has 1 aromatic rings. The molecule has 0 fully saturated rings. The van der Waals surface area contributed by atoms with Gasteiger partial charge in [-0.2, -0.15) is 5.10 Å². The van der Waals surface area contributed by atoms with Gasteiger partial charge in [0.2, 0.25) is 0 Å². The first-order valence-electron chi connectivity index (χ1n) is 5.11. The molecule has 1 aromatic heterocycles. The van der Waals surface area contributed by atoms with E-state index in [9.17, 15) is 4.79 Å². The molecule has 0 unspecified atom stereocenters. The summed E-state index contributed by atoms with van der Waals surface area (Å²) in [6.07, 6.45) is 0. The summed E-state index contributed by atoms with van der Waals surface area (Å²) in [5.74, 6) is 0.801. The summed E-state index contributed by atoms with van der Waals surface area (Å²) < 4.78 is 1.68. The predicted octanol–water partition coefficient (Wildman–Crippen LogP) is -0.876. The van der Waals surface area contributed by atoms with E-state index < -0.39 is 0 Å². The molecule has 0 atom stereocenters. The average Bonchev–Trinajstić information content (AvgIpc) is 2.45. The fourth-order valence-electron chi connectivity index (χ4n) is 1.93. The number of aromatic amines is 1. The number of H-pyrrole nitrogens is 1. The van der Waals surface area contributed by atoms with Crippen molar-refractivity contribution in [2.75, 3.05) is 13.1 Å². The first-order valence-corrected chi connectivity index (χ1v) is 5.11. The van der Waals surface area contributed by atoms with Gasteiger partial charge in [0.25, 0.3) is 0 Å². The van der Waals surface area contributed by atoms with Crippen LogP contribution in [0.4, 0.5) is 0 Å². The van der Waals surface area contributed by atoms with Crippen molar-refractivity contribution in [3.8, 4) is 0 Å². The van der Waals surface area contributed by atoms with Gasteiger partial charge >= 0.3 is 5.69 Å². The second-order valence-electron chi connectivity index (χ2n) is 4.80. The highest BCUT2D eigenvalue weighted by atomic mass is 16.1. The molecule has 0 aromatic carbocycles. The first kappa shape index (κ1) is 10.4. The molecule has 0 spiro atoms. The highest BCUT2D eigenvalue weighted by molar-refractivity contribution is 4.92. The molecule has 2 heterocycles. The van der Waals surface area contributed by atoms with Gasteiger partial charge in [0, 0.05) is 25.2 Å². The van der Waals surface area contributed by atoms with E-state index in [1.165, 1.54) is 0 Å². The summed E-state index contributed by atoms with van der Waals surface area (Å²) in [7, 11) is 0. The van der Waals surface area contributed by atoms with Crippen molar-refractivity contribution >= 4 is 0 Å². The number of nitrogens with one attached hydrogen (secondary N) is 1. The van der Waals surface area contributed by atoms with E-state index in [1.54, 1.807) is 4.57 Å². The quantitative estimate of drug-likeness (QED) is 0.666. The van der Waals surface area contributed by atoms with Gasteiger partial charge in [-0.25, -0.2) is 9.89 Å². The van der Waals surface area contributed by atoms with Gasteiger partial charge in [-0.15, -0.1) is 0 Å². The molecule has 3 N–H and O–H groups in total. The van der Waals surface area contributed by atoms with E-state index in [1.807, 2.05) is 13.8 Å². The minimum absolute atomic E-state index is 0.114. The van der Waals surface area contributed by atoms with Crippen LogP contribution >= 0.6 is 0 Å². The highest BCUT2D eigenvalue weighted by Crippen LogP contribution is 2.10. The summed E-state index contributed by atoms with van der Waals surface area (Å²) in [4.78, 5) is 13.5. The van der Waals surface area contributed by atoms with E-state index in [2.05, 4.69) is 15.1 Å². The fraction of sp³-hybridized carbons (Fsp3) is 0.778. The molecular formula is C9H17N5O. The average molecular weight is 211 g/mol. The highest BCUT2D eigenvalue weighted by Gasteiger charge is 2.23. The zero-order valence-electron chi connectivity index (χ0n) is 9.16. The molecular weight excluding hydrogens is 194 g/mol. The number of rotatable bonds is 2. The first-order chi connectivity index (χ1) is 6.96. The Morgan fingerprint density at radius 1 is 1.53 bits per heavy atom. The Balaban J connectivity index is 2.10. The van der Waals surface area contributed by atoms with Gasteiger partial charge in [-0.3, -0.25) is 9.47 Å². The van der Waals surface area contributed by atoms with E-state index in [-0.39, 0.29) is 11.2 Å². The zero-order valence-corrected chi connectivity index (χ0v) is 9.16. The minimum atomic E-state index is -0.210. The topological polar surface area (TPSA) is 79.9 Å². The maximum Gasteiger partial charge on any atom is 0.343 e. The maximum absolute atomic E-state index is 11.3. The molecule has 0 saturated heterocycles. The van der Waals surface area contributed by atoms with Crippen LogP contribution in [0.1, 0.15) is 19.7 Å². The van der Waals surface area contributed by atoms with Crippen LogP contribution in [0.25, 0.3) is 0 Å². The van der Waals surface area contributed by atoms with Crippen molar-refractivity contribution in [2.24, 2.45) is 5.73 Å². The predicted molar refractivity (Wildman–Crippen MR) is 56.4 cm³/mol. The lowest BCUT2D eigenvalue weighted by Crippen LogP contribution is -2.48. The van der Waals surface area contributed by atoms with Crippen molar-refractivity contribution in [1.82, 2.24) is 19.7 Å². The molecule has 84 valence electrons. The largest absolute Gasteiger partial charge is 0.343 e. The van der Waals surface area contributed by atoms with Crippen LogP contribution in [0, 0.1) is 0 Å². The van der Waals surface area contributed by atoms with E-state index in [4.69, 9.17) is 5.73 Å². The molecule has 0 bridgehead atoms. The summed E-state index contributed by atoms with van der Waals surface area (Å²) >= 11 is 0. The van der Waals surface area contributed by atoms with Gasteiger partial charge in [0.15, 0.2) is 0 Å². The maximum atomic E-state index is 11.3. The van der Waals surface area contributed by atoms with Crippen LogP contribution in [0.5, 0.6) is 0 Å². The van der Waals surface area contributed by atoms with Crippen molar-refractivity contribution in [3.05, 3.63) is 16.3 Å². The van der Waals surface area contributed by atoms with E-state index in [0.29, 0.717) is 13.1 Å². The number of nitrogens with zero attached hydrogens (tertiary/aromatic N) is 3. The third-order valence-corrected chi connectivity index (χ3v) is 2.47. The minimum Gasteiger partial charge on any atom is -0.324 e. The van der Waals surface area contributed by atoms with Crippen LogP contribution in [0.3, 0.4) is 0 Å². The molecule has 15 heavy (non-hydrogen) atoms. The summed E-state index contributed by atoms with van der Waals surface area (Å²) in [6.45, 7) is 7.06. The zero-order chi connectivity index (χ0) is 11.1. The second kappa shape index (κ2) is 3.46. The number of fused-ring (bicyclic) bond motifs is 1. The standard InChI is InChI=1S/C9H17N5O/c1-9(2,10)6-13-3-4-14-7(5-13)11-12-8(14)15/h3-6,10H2,1-2H3,(H,12,15). The van der Waals surface area contributed by atoms with Crippen molar-refractivity contribution in [2.45, 2.75) is 32.5 Å². The lowest BCUT2D eigenvalue weighted by atomic mass is 10.1. The summed E-state index contributed by atoms with van der Waals surface area (Å²) in [5.41, 5.74) is 5.63. The van der Waals surface area contributed by atoms with Crippen LogP contribution in [0.2, 0.25) is 0 Å². The molecule has 0 aliphatic carbocycles. The number of hydrogen-bond donors (Lipinski definition) is 2. The van der Waals surface area contributed by atoms with E-state index >= 15 is 0 Å². The third kappa shape index (κ3) is 2.27. The third-order valence-electron chi connectivity index (χ3n) is 2.47. The Kier molecular flexibility index (Phi) is 2.40. The van der Waals surface area contributed by atoms with Gasteiger partial charge < -0.3 is 5.73 Å². The normalized spacial score (nSPS) is 17.8. The Morgan fingerprint density at radius 2 is 2.27 bits per heavy atom. The van der Waals surface area contributed by atoms with Crippen LogP contribution in [-0.4, -0.2) is 38.3 Å². The summed E-state index contributed by atoms with van der Waals surface area (Å²) in [6, 6.07) is 0. The molecule has 1 aliphatic rings. The number of nitrogens with two attached hydrogens (primary N) is 1. The fourth-order valence-corrected chi connectivity index (χ4v) is 1.93. The monoisotopic (exact) mass is 211 g/mol. The number of aromatic nitrogens is 3. The molecule has 0 amide bonds. The van der Waals surface area contributed by atoms with Gasteiger partial charge in [-0.05, 0) is 13.8 Å².